The van der Waals surface area contributed by atoms with Gasteiger partial charge in [0.05, 0.1) is 12.5 Å². The van der Waals surface area contributed by atoms with Crippen molar-refractivity contribution in [3.8, 4) is 5.75 Å². The Labute approximate surface area is 112 Å². The van der Waals surface area contributed by atoms with Crippen molar-refractivity contribution in [2.24, 2.45) is 5.92 Å². The molecule has 2 amide bonds. The van der Waals surface area contributed by atoms with Crippen molar-refractivity contribution in [3.05, 3.63) is 24.3 Å². The third-order valence-corrected chi connectivity index (χ3v) is 3.05. The van der Waals surface area contributed by atoms with E-state index < -0.39 is 0 Å². The summed E-state index contributed by atoms with van der Waals surface area (Å²) in [6, 6.07) is 7.30. The number of hydrogen-bond donors (Lipinski definition) is 2. The molecule has 0 radical (unpaired) electrons. The van der Waals surface area contributed by atoms with E-state index in [1.807, 2.05) is 25.1 Å². The molecule has 1 saturated heterocycles. The smallest absolute Gasteiger partial charge is 0.229 e. The van der Waals surface area contributed by atoms with Gasteiger partial charge in [-0.25, -0.2) is 0 Å². The summed E-state index contributed by atoms with van der Waals surface area (Å²) in [5.41, 5.74) is 0.716. The van der Waals surface area contributed by atoms with Crippen molar-refractivity contribution in [1.82, 2.24) is 5.32 Å². The summed E-state index contributed by atoms with van der Waals surface area (Å²) in [5.74, 6) is 0.529. The zero-order valence-electron chi connectivity index (χ0n) is 10.9. The Kier molecular flexibility index (Phi) is 4.39. The minimum absolute atomic E-state index is 0.0161. The molecule has 19 heavy (non-hydrogen) atoms. The third-order valence-electron chi connectivity index (χ3n) is 3.05. The first kappa shape index (κ1) is 13.4. The number of piperidine rings is 1. The monoisotopic (exact) mass is 262 g/mol. The molecule has 5 nitrogen and oxygen atoms in total. The van der Waals surface area contributed by atoms with Crippen LogP contribution >= 0.6 is 0 Å². The highest BCUT2D eigenvalue weighted by molar-refractivity contribution is 5.94. The maximum atomic E-state index is 12.0. The SMILES string of the molecule is CCOc1cccc(NC(=O)C2CCC(=O)NC2)c1. The molecule has 1 aromatic carbocycles. The lowest BCUT2D eigenvalue weighted by Crippen LogP contribution is -2.40. The Morgan fingerprint density at radius 1 is 1.53 bits per heavy atom. The minimum atomic E-state index is -0.159. The van der Waals surface area contributed by atoms with Gasteiger partial charge in [-0.15, -0.1) is 0 Å². The van der Waals surface area contributed by atoms with Crippen LogP contribution in [0, 0.1) is 5.92 Å². The molecule has 0 bridgehead atoms. The van der Waals surface area contributed by atoms with E-state index in [1.165, 1.54) is 0 Å². The van der Waals surface area contributed by atoms with Crippen LogP contribution in [0.25, 0.3) is 0 Å². The zero-order chi connectivity index (χ0) is 13.7. The van der Waals surface area contributed by atoms with Crippen LogP contribution in [0.15, 0.2) is 24.3 Å². The third kappa shape index (κ3) is 3.71. The summed E-state index contributed by atoms with van der Waals surface area (Å²) in [7, 11) is 0. The Hall–Kier alpha value is -2.04. The molecule has 2 rings (SSSR count). The molecule has 2 N–H and O–H groups in total. The van der Waals surface area contributed by atoms with Crippen LogP contribution < -0.4 is 15.4 Å². The lowest BCUT2D eigenvalue weighted by atomic mass is 9.98. The van der Waals surface area contributed by atoms with E-state index in [0.29, 0.717) is 31.7 Å². The van der Waals surface area contributed by atoms with Gasteiger partial charge in [-0.05, 0) is 25.5 Å². The average Bonchev–Trinajstić information content (AvgIpc) is 2.40. The molecule has 1 atom stereocenters. The predicted octanol–water partition coefficient (Wildman–Crippen LogP) is 1.55. The maximum Gasteiger partial charge on any atom is 0.229 e. The van der Waals surface area contributed by atoms with E-state index in [-0.39, 0.29) is 17.7 Å². The zero-order valence-corrected chi connectivity index (χ0v) is 10.9. The summed E-state index contributed by atoms with van der Waals surface area (Å²) in [5, 5.41) is 5.56. The summed E-state index contributed by atoms with van der Waals surface area (Å²) < 4.78 is 5.38. The highest BCUT2D eigenvalue weighted by Gasteiger charge is 2.24. The summed E-state index contributed by atoms with van der Waals surface area (Å²) >= 11 is 0. The van der Waals surface area contributed by atoms with Crippen molar-refractivity contribution in [2.45, 2.75) is 19.8 Å². The molecule has 1 aliphatic heterocycles. The molecule has 5 heteroatoms. The van der Waals surface area contributed by atoms with Gasteiger partial charge >= 0.3 is 0 Å². The van der Waals surface area contributed by atoms with Crippen molar-refractivity contribution in [3.63, 3.8) is 0 Å². The van der Waals surface area contributed by atoms with Gasteiger partial charge in [-0.2, -0.15) is 0 Å². The normalized spacial score (nSPS) is 18.6. The number of benzene rings is 1. The van der Waals surface area contributed by atoms with Crippen LogP contribution in [0.4, 0.5) is 5.69 Å². The molecule has 0 spiro atoms. The fraction of sp³-hybridized carbons (Fsp3) is 0.429. The van der Waals surface area contributed by atoms with Crippen molar-refractivity contribution in [1.29, 1.82) is 0 Å². The van der Waals surface area contributed by atoms with Gasteiger partial charge < -0.3 is 15.4 Å². The molecule has 1 aromatic rings. The summed E-state index contributed by atoms with van der Waals surface area (Å²) in [6.45, 7) is 2.91. The van der Waals surface area contributed by atoms with Crippen LogP contribution in [-0.2, 0) is 9.59 Å². The highest BCUT2D eigenvalue weighted by Crippen LogP contribution is 2.19. The van der Waals surface area contributed by atoms with Gasteiger partial charge in [0.15, 0.2) is 0 Å². The van der Waals surface area contributed by atoms with E-state index in [4.69, 9.17) is 4.74 Å². The van der Waals surface area contributed by atoms with Crippen LogP contribution in [0.5, 0.6) is 5.75 Å². The summed E-state index contributed by atoms with van der Waals surface area (Å²) in [6.07, 6.45) is 1.01. The second kappa shape index (κ2) is 6.22. The molecule has 1 unspecified atom stereocenters. The molecule has 0 saturated carbocycles. The molecular formula is C14H18N2O3. The number of carbonyl (C=O) groups is 2. The highest BCUT2D eigenvalue weighted by atomic mass is 16.5. The molecule has 0 aliphatic carbocycles. The number of amides is 2. The fourth-order valence-corrected chi connectivity index (χ4v) is 2.03. The molecule has 1 heterocycles. The number of rotatable bonds is 4. The first-order valence-electron chi connectivity index (χ1n) is 6.49. The molecular weight excluding hydrogens is 244 g/mol. The van der Waals surface area contributed by atoms with Crippen LogP contribution in [-0.4, -0.2) is 25.0 Å². The quantitative estimate of drug-likeness (QED) is 0.865. The van der Waals surface area contributed by atoms with E-state index in [9.17, 15) is 9.59 Å². The largest absolute Gasteiger partial charge is 0.494 e. The Balaban J connectivity index is 1.94. The first-order chi connectivity index (χ1) is 9.19. The standard InChI is InChI=1S/C14H18N2O3/c1-2-19-12-5-3-4-11(8-12)16-14(18)10-6-7-13(17)15-9-10/h3-5,8,10H,2,6-7,9H2,1H3,(H,15,17)(H,16,18). The number of hydrogen-bond acceptors (Lipinski definition) is 3. The molecule has 1 fully saturated rings. The fourth-order valence-electron chi connectivity index (χ4n) is 2.03. The topological polar surface area (TPSA) is 67.4 Å². The molecule has 0 aromatic heterocycles. The summed E-state index contributed by atoms with van der Waals surface area (Å²) in [4.78, 5) is 23.1. The van der Waals surface area contributed by atoms with Crippen molar-refractivity contribution >= 4 is 17.5 Å². The maximum absolute atomic E-state index is 12.0. The lowest BCUT2D eigenvalue weighted by Gasteiger charge is -2.21. The average molecular weight is 262 g/mol. The van der Waals surface area contributed by atoms with Gasteiger partial charge in [-0.1, -0.05) is 6.07 Å². The van der Waals surface area contributed by atoms with Crippen molar-refractivity contribution in [2.75, 3.05) is 18.5 Å². The van der Waals surface area contributed by atoms with Gasteiger partial charge in [-0.3, -0.25) is 9.59 Å². The number of nitrogens with one attached hydrogen (secondary N) is 2. The second-order valence-corrected chi connectivity index (χ2v) is 4.49. The number of ether oxygens (including phenoxy) is 1. The van der Waals surface area contributed by atoms with Crippen LogP contribution in [0.2, 0.25) is 0 Å². The van der Waals surface area contributed by atoms with Gasteiger partial charge in [0.25, 0.3) is 0 Å². The Bertz CT molecular complexity index is 464. The van der Waals surface area contributed by atoms with Crippen LogP contribution in [0.1, 0.15) is 19.8 Å². The number of anilines is 1. The van der Waals surface area contributed by atoms with E-state index >= 15 is 0 Å². The Morgan fingerprint density at radius 2 is 2.37 bits per heavy atom. The Morgan fingerprint density at radius 3 is 3.05 bits per heavy atom. The predicted molar refractivity (Wildman–Crippen MR) is 72.0 cm³/mol. The second-order valence-electron chi connectivity index (χ2n) is 4.49. The van der Waals surface area contributed by atoms with Crippen molar-refractivity contribution < 1.29 is 14.3 Å². The lowest BCUT2D eigenvalue weighted by molar-refractivity contribution is -0.126. The number of carbonyl (C=O) groups excluding carboxylic acids is 2. The molecule has 1 aliphatic rings. The van der Waals surface area contributed by atoms with E-state index in [1.54, 1.807) is 6.07 Å². The molecule has 102 valence electrons. The van der Waals surface area contributed by atoms with Gasteiger partial charge in [0, 0.05) is 24.7 Å². The van der Waals surface area contributed by atoms with Gasteiger partial charge in [0.1, 0.15) is 5.75 Å². The van der Waals surface area contributed by atoms with Gasteiger partial charge in [0.2, 0.25) is 11.8 Å². The van der Waals surface area contributed by atoms with E-state index in [2.05, 4.69) is 10.6 Å². The van der Waals surface area contributed by atoms with Crippen LogP contribution in [0.3, 0.4) is 0 Å². The van der Waals surface area contributed by atoms with E-state index in [0.717, 1.165) is 5.75 Å². The first-order valence-corrected chi connectivity index (χ1v) is 6.49. The minimum Gasteiger partial charge on any atom is -0.494 e.